The molecule has 0 aromatic heterocycles. The standard InChI is InChI=1S/C8H16O4/c1-3-4-5-12-8(10)7(9)6-11-2/h7,9H,3-6H2,1-2H3. The lowest BCUT2D eigenvalue weighted by atomic mass is 10.3. The Morgan fingerprint density at radius 3 is 2.75 bits per heavy atom. The highest BCUT2D eigenvalue weighted by Gasteiger charge is 2.15. The van der Waals surface area contributed by atoms with Crippen LogP contribution in [0.5, 0.6) is 0 Å². The molecular weight excluding hydrogens is 160 g/mol. The molecule has 0 aliphatic carbocycles. The van der Waals surface area contributed by atoms with Crippen LogP contribution in [0.2, 0.25) is 0 Å². The van der Waals surface area contributed by atoms with Crippen molar-refractivity contribution in [3.05, 3.63) is 0 Å². The van der Waals surface area contributed by atoms with Gasteiger partial charge < -0.3 is 14.6 Å². The van der Waals surface area contributed by atoms with Crippen LogP contribution in [0.4, 0.5) is 0 Å². The molecular formula is C8H16O4. The normalized spacial score (nSPS) is 12.6. The number of carbonyl (C=O) groups excluding carboxylic acids is 1. The molecule has 0 spiro atoms. The molecule has 0 rings (SSSR count). The molecule has 0 aromatic rings. The van der Waals surface area contributed by atoms with Gasteiger partial charge in [0, 0.05) is 7.11 Å². The number of esters is 1. The molecule has 0 aliphatic heterocycles. The second-order valence-corrected chi connectivity index (χ2v) is 2.49. The molecule has 0 aliphatic rings. The average Bonchev–Trinajstić information content (AvgIpc) is 2.05. The minimum absolute atomic E-state index is 0.00897. The average molecular weight is 176 g/mol. The smallest absolute Gasteiger partial charge is 0.337 e. The van der Waals surface area contributed by atoms with Crippen LogP contribution in [-0.2, 0) is 14.3 Å². The van der Waals surface area contributed by atoms with E-state index in [9.17, 15) is 4.79 Å². The van der Waals surface area contributed by atoms with Crippen LogP contribution < -0.4 is 0 Å². The molecule has 0 heterocycles. The molecule has 1 atom stereocenters. The fourth-order valence-corrected chi connectivity index (χ4v) is 0.639. The maximum absolute atomic E-state index is 10.9. The van der Waals surface area contributed by atoms with Crippen LogP contribution in [0.15, 0.2) is 0 Å². The molecule has 0 radical (unpaired) electrons. The number of aliphatic hydroxyl groups is 1. The van der Waals surface area contributed by atoms with Gasteiger partial charge in [0.2, 0.25) is 0 Å². The summed E-state index contributed by atoms with van der Waals surface area (Å²) in [5.41, 5.74) is 0. The van der Waals surface area contributed by atoms with E-state index in [0.29, 0.717) is 6.61 Å². The van der Waals surface area contributed by atoms with Gasteiger partial charge in [-0.15, -0.1) is 0 Å². The van der Waals surface area contributed by atoms with Gasteiger partial charge in [-0.05, 0) is 6.42 Å². The lowest BCUT2D eigenvalue weighted by Crippen LogP contribution is -2.27. The van der Waals surface area contributed by atoms with Gasteiger partial charge in [0.05, 0.1) is 13.2 Å². The monoisotopic (exact) mass is 176 g/mol. The summed E-state index contributed by atoms with van der Waals surface area (Å²) in [7, 11) is 1.42. The molecule has 4 heteroatoms. The zero-order chi connectivity index (χ0) is 9.40. The Kier molecular flexibility index (Phi) is 6.70. The van der Waals surface area contributed by atoms with Gasteiger partial charge in [-0.25, -0.2) is 4.79 Å². The molecule has 1 N–H and O–H groups in total. The molecule has 0 bridgehead atoms. The summed E-state index contributed by atoms with van der Waals surface area (Å²) in [6.45, 7) is 2.36. The summed E-state index contributed by atoms with van der Waals surface area (Å²) < 4.78 is 9.31. The molecule has 0 aromatic carbocycles. The number of carbonyl (C=O) groups is 1. The molecule has 0 saturated heterocycles. The Labute approximate surface area is 72.5 Å². The van der Waals surface area contributed by atoms with E-state index in [4.69, 9.17) is 9.84 Å². The first-order valence-corrected chi connectivity index (χ1v) is 4.06. The third-order valence-electron chi connectivity index (χ3n) is 1.34. The topological polar surface area (TPSA) is 55.8 Å². The Morgan fingerprint density at radius 1 is 1.58 bits per heavy atom. The molecule has 0 amide bonds. The Balaban J connectivity index is 3.43. The van der Waals surface area contributed by atoms with Crippen molar-refractivity contribution in [3.63, 3.8) is 0 Å². The lowest BCUT2D eigenvalue weighted by molar-refractivity contribution is -0.156. The lowest BCUT2D eigenvalue weighted by Gasteiger charge is -2.08. The van der Waals surface area contributed by atoms with E-state index in [1.54, 1.807) is 0 Å². The number of hydrogen-bond acceptors (Lipinski definition) is 4. The zero-order valence-corrected chi connectivity index (χ0v) is 7.58. The Morgan fingerprint density at radius 2 is 2.25 bits per heavy atom. The van der Waals surface area contributed by atoms with Crippen LogP contribution in [0.25, 0.3) is 0 Å². The third kappa shape index (κ3) is 5.09. The van der Waals surface area contributed by atoms with Gasteiger partial charge in [-0.3, -0.25) is 0 Å². The van der Waals surface area contributed by atoms with Crippen molar-refractivity contribution in [3.8, 4) is 0 Å². The Bertz CT molecular complexity index is 124. The van der Waals surface area contributed by atoms with E-state index in [2.05, 4.69) is 4.74 Å². The number of hydrogen-bond donors (Lipinski definition) is 1. The molecule has 0 fully saturated rings. The van der Waals surface area contributed by atoms with Gasteiger partial charge in [0.1, 0.15) is 0 Å². The van der Waals surface area contributed by atoms with Crippen molar-refractivity contribution in [2.75, 3.05) is 20.3 Å². The maximum Gasteiger partial charge on any atom is 0.337 e. The highest BCUT2D eigenvalue weighted by molar-refractivity contribution is 5.74. The first-order valence-electron chi connectivity index (χ1n) is 4.06. The van der Waals surface area contributed by atoms with Crippen molar-refractivity contribution in [1.82, 2.24) is 0 Å². The molecule has 72 valence electrons. The van der Waals surface area contributed by atoms with Crippen molar-refractivity contribution < 1.29 is 19.4 Å². The minimum Gasteiger partial charge on any atom is -0.464 e. The number of ether oxygens (including phenoxy) is 2. The minimum atomic E-state index is -1.15. The van der Waals surface area contributed by atoms with Gasteiger partial charge in [-0.2, -0.15) is 0 Å². The van der Waals surface area contributed by atoms with E-state index < -0.39 is 12.1 Å². The number of aliphatic hydroxyl groups excluding tert-OH is 1. The van der Waals surface area contributed by atoms with Crippen LogP contribution in [0.3, 0.4) is 0 Å². The largest absolute Gasteiger partial charge is 0.464 e. The Hall–Kier alpha value is -0.610. The van der Waals surface area contributed by atoms with E-state index in [0.717, 1.165) is 12.8 Å². The van der Waals surface area contributed by atoms with Gasteiger partial charge in [0.25, 0.3) is 0 Å². The van der Waals surface area contributed by atoms with E-state index >= 15 is 0 Å². The van der Waals surface area contributed by atoms with Crippen molar-refractivity contribution >= 4 is 5.97 Å². The summed E-state index contributed by atoms with van der Waals surface area (Å²) in [6, 6.07) is 0. The second kappa shape index (κ2) is 7.06. The third-order valence-corrected chi connectivity index (χ3v) is 1.34. The van der Waals surface area contributed by atoms with Gasteiger partial charge in [0.15, 0.2) is 6.10 Å². The molecule has 0 saturated carbocycles. The predicted molar refractivity (Wildman–Crippen MR) is 43.7 cm³/mol. The highest BCUT2D eigenvalue weighted by atomic mass is 16.6. The predicted octanol–water partition coefficient (Wildman–Crippen LogP) is 0.337. The van der Waals surface area contributed by atoms with Gasteiger partial charge >= 0.3 is 5.97 Å². The molecule has 12 heavy (non-hydrogen) atoms. The van der Waals surface area contributed by atoms with Crippen molar-refractivity contribution in [1.29, 1.82) is 0 Å². The fraction of sp³-hybridized carbons (Fsp3) is 0.875. The maximum atomic E-state index is 10.9. The van der Waals surface area contributed by atoms with Gasteiger partial charge in [-0.1, -0.05) is 13.3 Å². The highest BCUT2D eigenvalue weighted by Crippen LogP contribution is 1.93. The zero-order valence-electron chi connectivity index (χ0n) is 7.58. The van der Waals surface area contributed by atoms with Crippen molar-refractivity contribution in [2.45, 2.75) is 25.9 Å². The van der Waals surface area contributed by atoms with Crippen LogP contribution >= 0.6 is 0 Å². The number of methoxy groups -OCH3 is 1. The summed E-state index contributed by atoms with van der Waals surface area (Å²) in [4.78, 5) is 10.9. The summed E-state index contributed by atoms with van der Waals surface area (Å²) in [5, 5.41) is 9.02. The van der Waals surface area contributed by atoms with Crippen LogP contribution in [-0.4, -0.2) is 37.5 Å². The SMILES string of the molecule is CCCCOC(=O)C(O)COC. The summed E-state index contributed by atoms with van der Waals surface area (Å²) >= 11 is 0. The number of rotatable bonds is 6. The second-order valence-electron chi connectivity index (χ2n) is 2.49. The first-order chi connectivity index (χ1) is 5.72. The van der Waals surface area contributed by atoms with Crippen LogP contribution in [0.1, 0.15) is 19.8 Å². The van der Waals surface area contributed by atoms with Crippen LogP contribution in [0, 0.1) is 0 Å². The number of unbranched alkanes of at least 4 members (excludes halogenated alkanes) is 1. The van der Waals surface area contributed by atoms with E-state index in [-0.39, 0.29) is 6.61 Å². The quantitative estimate of drug-likeness (QED) is 0.468. The van der Waals surface area contributed by atoms with Crippen molar-refractivity contribution in [2.24, 2.45) is 0 Å². The molecule has 1 unspecified atom stereocenters. The summed E-state index contributed by atoms with van der Waals surface area (Å²) in [5.74, 6) is -0.606. The summed E-state index contributed by atoms with van der Waals surface area (Å²) in [6.07, 6.45) is 0.644. The first kappa shape index (κ1) is 11.4. The fourth-order valence-electron chi connectivity index (χ4n) is 0.639. The van der Waals surface area contributed by atoms with E-state index in [1.807, 2.05) is 6.92 Å². The molecule has 4 nitrogen and oxygen atoms in total. The van der Waals surface area contributed by atoms with E-state index in [1.165, 1.54) is 7.11 Å².